The van der Waals surface area contributed by atoms with Crippen LogP contribution in [0, 0.1) is 0 Å². The van der Waals surface area contributed by atoms with Crippen LogP contribution in [0.3, 0.4) is 0 Å². The molecule has 100 valence electrons. The molecule has 0 aromatic heterocycles. The van der Waals surface area contributed by atoms with E-state index in [1.807, 2.05) is 30.3 Å². The largest absolute Gasteiger partial charge is 0.497 e. The Hall–Kier alpha value is -2.16. The van der Waals surface area contributed by atoms with Gasteiger partial charge in [0, 0.05) is 25.0 Å². The van der Waals surface area contributed by atoms with Crippen LogP contribution in [0.5, 0.6) is 5.75 Å². The van der Waals surface area contributed by atoms with Gasteiger partial charge in [0.05, 0.1) is 7.11 Å². The van der Waals surface area contributed by atoms with Crippen LogP contribution in [0.25, 0.3) is 0 Å². The molecule has 2 aromatic rings. The third-order valence-electron chi connectivity index (χ3n) is 3.18. The molecule has 0 aliphatic heterocycles. The summed E-state index contributed by atoms with van der Waals surface area (Å²) in [6.07, 6.45) is 0.975. The third kappa shape index (κ3) is 3.65. The monoisotopic (exact) mass is 256 g/mol. The number of benzene rings is 2. The summed E-state index contributed by atoms with van der Waals surface area (Å²) in [4.78, 5) is 2.20. The minimum Gasteiger partial charge on any atom is -0.497 e. The minimum atomic E-state index is 0.797. The molecule has 0 fully saturated rings. The second-order valence-electron chi connectivity index (χ2n) is 4.62. The number of nitrogen functional groups attached to an aromatic ring is 1. The van der Waals surface area contributed by atoms with Crippen LogP contribution in [-0.4, -0.2) is 20.7 Å². The van der Waals surface area contributed by atoms with E-state index in [0.29, 0.717) is 0 Å². The van der Waals surface area contributed by atoms with E-state index in [1.165, 1.54) is 5.56 Å². The van der Waals surface area contributed by atoms with Gasteiger partial charge in [-0.05, 0) is 42.3 Å². The molecule has 19 heavy (non-hydrogen) atoms. The molecule has 0 spiro atoms. The molecule has 0 radical (unpaired) electrons. The summed E-state index contributed by atoms with van der Waals surface area (Å²) in [7, 11) is 3.77. The molecule has 2 aromatic carbocycles. The Kier molecular flexibility index (Phi) is 4.29. The van der Waals surface area contributed by atoms with Gasteiger partial charge in [-0.25, -0.2) is 0 Å². The van der Waals surface area contributed by atoms with Crippen LogP contribution >= 0.6 is 0 Å². The molecular weight excluding hydrogens is 236 g/mol. The van der Waals surface area contributed by atoms with E-state index in [-0.39, 0.29) is 0 Å². The molecule has 0 amide bonds. The molecule has 0 saturated carbocycles. The summed E-state index contributed by atoms with van der Waals surface area (Å²) >= 11 is 0. The highest BCUT2D eigenvalue weighted by Crippen LogP contribution is 2.17. The normalized spacial score (nSPS) is 10.2. The first-order valence-corrected chi connectivity index (χ1v) is 6.38. The van der Waals surface area contributed by atoms with E-state index in [0.717, 1.165) is 30.1 Å². The molecule has 0 aliphatic carbocycles. The van der Waals surface area contributed by atoms with E-state index < -0.39 is 0 Å². The quantitative estimate of drug-likeness (QED) is 0.836. The Morgan fingerprint density at radius 3 is 2.63 bits per heavy atom. The fourth-order valence-electron chi connectivity index (χ4n) is 2.02. The summed E-state index contributed by atoms with van der Waals surface area (Å²) in [5, 5.41) is 0. The van der Waals surface area contributed by atoms with Crippen molar-refractivity contribution in [3.63, 3.8) is 0 Å². The summed E-state index contributed by atoms with van der Waals surface area (Å²) in [5.74, 6) is 0.907. The molecule has 3 heteroatoms. The van der Waals surface area contributed by atoms with Crippen molar-refractivity contribution in [3.05, 3.63) is 54.1 Å². The molecule has 0 aliphatic rings. The second-order valence-corrected chi connectivity index (χ2v) is 4.62. The number of methoxy groups -OCH3 is 1. The Morgan fingerprint density at radius 1 is 1.11 bits per heavy atom. The van der Waals surface area contributed by atoms with Gasteiger partial charge in [0.15, 0.2) is 0 Å². The van der Waals surface area contributed by atoms with Crippen molar-refractivity contribution in [2.24, 2.45) is 0 Å². The molecular formula is C16H20N2O. The maximum absolute atomic E-state index is 5.80. The minimum absolute atomic E-state index is 0.797. The van der Waals surface area contributed by atoms with Gasteiger partial charge < -0.3 is 15.4 Å². The predicted octanol–water partition coefficient (Wildman–Crippen LogP) is 2.96. The fraction of sp³-hybridized carbons (Fsp3) is 0.250. The average Bonchev–Trinajstić information content (AvgIpc) is 2.45. The van der Waals surface area contributed by atoms with Crippen LogP contribution in [0.15, 0.2) is 48.5 Å². The molecule has 3 nitrogen and oxygen atoms in total. The third-order valence-corrected chi connectivity index (χ3v) is 3.18. The summed E-state index contributed by atoms with van der Waals surface area (Å²) in [6.45, 7) is 0.941. The van der Waals surface area contributed by atoms with Crippen molar-refractivity contribution in [1.29, 1.82) is 0 Å². The number of anilines is 2. The zero-order chi connectivity index (χ0) is 13.7. The number of nitrogens with two attached hydrogens (primary N) is 1. The van der Waals surface area contributed by atoms with Crippen molar-refractivity contribution in [3.8, 4) is 5.75 Å². The SMILES string of the molecule is COc1cccc(CCN(C)c2cccc(N)c2)c1. The highest BCUT2D eigenvalue weighted by Gasteiger charge is 2.02. The topological polar surface area (TPSA) is 38.5 Å². The molecule has 0 bridgehead atoms. The van der Waals surface area contributed by atoms with Crippen molar-refractivity contribution in [2.75, 3.05) is 31.3 Å². The number of rotatable bonds is 5. The predicted molar refractivity (Wildman–Crippen MR) is 80.8 cm³/mol. The van der Waals surface area contributed by atoms with Crippen LogP contribution in [0.2, 0.25) is 0 Å². The highest BCUT2D eigenvalue weighted by molar-refractivity contribution is 5.55. The lowest BCUT2D eigenvalue weighted by Gasteiger charge is -2.19. The summed E-state index contributed by atoms with van der Waals surface area (Å²) in [5.41, 5.74) is 9.01. The maximum Gasteiger partial charge on any atom is 0.119 e. The van der Waals surface area contributed by atoms with Gasteiger partial charge >= 0.3 is 0 Å². The van der Waals surface area contributed by atoms with Gasteiger partial charge in [-0.1, -0.05) is 18.2 Å². The van der Waals surface area contributed by atoms with Gasteiger partial charge in [-0.2, -0.15) is 0 Å². The van der Waals surface area contributed by atoms with Crippen LogP contribution in [-0.2, 0) is 6.42 Å². The Bertz CT molecular complexity index is 540. The molecule has 2 rings (SSSR count). The number of ether oxygens (including phenoxy) is 1. The first-order valence-electron chi connectivity index (χ1n) is 6.38. The van der Waals surface area contributed by atoms with Gasteiger partial charge in [0.1, 0.15) is 5.75 Å². The smallest absolute Gasteiger partial charge is 0.119 e. The summed E-state index contributed by atoms with van der Waals surface area (Å²) < 4.78 is 5.23. The lowest BCUT2D eigenvalue weighted by atomic mass is 10.1. The van der Waals surface area contributed by atoms with Crippen LogP contribution in [0.1, 0.15) is 5.56 Å². The lowest BCUT2D eigenvalue weighted by Crippen LogP contribution is -2.20. The molecule has 0 unspecified atom stereocenters. The number of hydrogen-bond donors (Lipinski definition) is 1. The molecule has 0 atom stereocenters. The maximum atomic E-state index is 5.80. The van der Waals surface area contributed by atoms with Crippen molar-refractivity contribution in [1.82, 2.24) is 0 Å². The standard InChI is InChI=1S/C16H20N2O/c1-18(15-7-4-6-14(17)12-15)10-9-13-5-3-8-16(11-13)19-2/h3-8,11-12H,9-10,17H2,1-2H3. The fourth-order valence-corrected chi connectivity index (χ4v) is 2.02. The zero-order valence-electron chi connectivity index (χ0n) is 11.5. The van der Waals surface area contributed by atoms with Crippen molar-refractivity contribution in [2.45, 2.75) is 6.42 Å². The first kappa shape index (κ1) is 13.3. The molecule has 2 N–H and O–H groups in total. The summed E-state index contributed by atoms with van der Waals surface area (Å²) in [6, 6.07) is 16.1. The van der Waals surface area contributed by atoms with Crippen LogP contribution < -0.4 is 15.4 Å². The van der Waals surface area contributed by atoms with E-state index in [9.17, 15) is 0 Å². The van der Waals surface area contributed by atoms with E-state index >= 15 is 0 Å². The first-order chi connectivity index (χ1) is 9.19. The van der Waals surface area contributed by atoms with Crippen LogP contribution in [0.4, 0.5) is 11.4 Å². The zero-order valence-corrected chi connectivity index (χ0v) is 11.5. The van der Waals surface area contributed by atoms with E-state index in [2.05, 4.69) is 30.1 Å². The lowest BCUT2D eigenvalue weighted by molar-refractivity contribution is 0.414. The van der Waals surface area contributed by atoms with E-state index in [1.54, 1.807) is 7.11 Å². The Labute approximate surface area is 114 Å². The number of hydrogen-bond acceptors (Lipinski definition) is 3. The van der Waals surface area contributed by atoms with Gasteiger partial charge in [0.2, 0.25) is 0 Å². The van der Waals surface area contributed by atoms with Gasteiger partial charge in [-0.15, -0.1) is 0 Å². The molecule has 0 saturated heterocycles. The van der Waals surface area contributed by atoms with Crippen molar-refractivity contribution < 1.29 is 4.74 Å². The Balaban J connectivity index is 1.98. The Morgan fingerprint density at radius 2 is 1.89 bits per heavy atom. The van der Waals surface area contributed by atoms with Crippen molar-refractivity contribution >= 4 is 11.4 Å². The number of likely N-dealkylation sites (N-methyl/N-ethyl adjacent to an activating group) is 1. The van der Waals surface area contributed by atoms with Gasteiger partial charge in [0.25, 0.3) is 0 Å². The number of nitrogens with zero attached hydrogens (tertiary/aromatic N) is 1. The second kappa shape index (κ2) is 6.14. The highest BCUT2D eigenvalue weighted by atomic mass is 16.5. The molecule has 0 heterocycles. The van der Waals surface area contributed by atoms with Gasteiger partial charge in [-0.3, -0.25) is 0 Å². The van der Waals surface area contributed by atoms with E-state index in [4.69, 9.17) is 10.5 Å². The average molecular weight is 256 g/mol.